The van der Waals surface area contributed by atoms with Gasteiger partial charge in [-0.2, -0.15) is 0 Å². The third-order valence-corrected chi connectivity index (χ3v) is 6.37. The molecule has 0 heterocycles. The Hall–Kier alpha value is -3.60. The molecule has 4 rings (SSSR count). The van der Waals surface area contributed by atoms with Crippen LogP contribution in [-0.2, 0) is 30.9 Å². The molecule has 0 radical (unpaired) electrons. The zero-order valence-electron chi connectivity index (χ0n) is 21.2. The van der Waals surface area contributed by atoms with E-state index in [-0.39, 0.29) is 6.04 Å². The van der Waals surface area contributed by atoms with E-state index in [2.05, 4.69) is 95.9 Å². The summed E-state index contributed by atoms with van der Waals surface area (Å²) in [4.78, 5) is 2.52. The Morgan fingerprint density at radius 3 is 1.53 bits per heavy atom. The fourth-order valence-corrected chi connectivity index (χ4v) is 4.50. The van der Waals surface area contributed by atoms with Crippen molar-refractivity contribution in [1.82, 2.24) is 4.90 Å². The van der Waals surface area contributed by atoms with E-state index in [0.717, 1.165) is 36.6 Å². The van der Waals surface area contributed by atoms with Crippen LogP contribution in [0.15, 0.2) is 109 Å². The SMILES string of the molecule is COc1cccc(OC)c1COCC(Cc1ccccc1)N(Cc1ccccc1)Cc1ccccc1. The molecule has 0 saturated heterocycles. The third kappa shape index (κ3) is 7.20. The topological polar surface area (TPSA) is 30.9 Å². The van der Waals surface area contributed by atoms with Gasteiger partial charge in [-0.05, 0) is 35.2 Å². The molecule has 0 amide bonds. The summed E-state index contributed by atoms with van der Waals surface area (Å²) >= 11 is 0. The minimum absolute atomic E-state index is 0.175. The second-order valence-corrected chi connectivity index (χ2v) is 8.88. The van der Waals surface area contributed by atoms with Gasteiger partial charge in [-0.25, -0.2) is 0 Å². The first-order chi connectivity index (χ1) is 17.8. The average Bonchev–Trinajstić information content (AvgIpc) is 2.94. The predicted molar refractivity (Wildman–Crippen MR) is 145 cm³/mol. The largest absolute Gasteiger partial charge is 0.496 e. The maximum absolute atomic E-state index is 6.39. The summed E-state index contributed by atoms with van der Waals surface area (Å²) < 4.78 is 17.5. The van der Waals surface area contributed by atoms with Crippen molar-refractivity contribution < 1.29 is 14.2 Å². The van der Waals surface area contributed by atoms with Crippen molar-refractivity contribution >= 4 is 0 Å². The van der Waals surface area contributed by atoms with E-state index in [9.17, 15) is 0 Å². The summed E-state index contributed by atoms with van der Waals surface area (Å²) in [5.74, 6) is 1.55. The van der Waals surface area contributed by atoms with E-state index in [1.807, 2.05) is 18.2 Å². The van der Waals surface area contributed by atoms with Gasteiger partial charge < -0.3 is 14.2 Å². The summed E-state index contributed by atoms with van der Waals surface area (Å²) in [6, 6.07) is 38.0. The smallest absolute Gasteiger partial charge is 0.128 e. The molecule has 1 unspecified atom stereocenters. The van der Waals surface area contributed by atoms with Gasteiger partial charge in [0.05, 0.1) is 33.0 Å². The quantitative estimate of drug-likeness (QED) is 0.217. The molecule has 4 heteroatoms. The van der Waals surface area contributed by atoms with E-state index >= 15 is 0 Å². The highest BCUT2D eigenvalue weighted by atomic mass is 16.5. The number of rotatable bonds is 13. The Kier molecular flexibility index (Phi) is 9.54. The van der Waals surface area contributed by atoms with Crippen LogP contribution < -0.4 is 9.47 Å². The fraction of sp³-hybridized carbons (Fsp3) is 0.250. The van der Waals surface area contributed by atoms with Gasteiger partial charge in [0.1, 0.15) is 11.5 Å². The zero-order chi connectivity index (χ0) is 25.0. The maximum atomic E-state index is 6.39. The number of methoxy groups -OCH3 is 2. The van der Waals surface area contributed by atoms with Crippen LogP contribution in [0.3, 0.4) is 0 Å². The first-order valence-corrected chi connectivity index (χ1v) is 12.4. The molecule has 0 spiro atoms. The minimum atomic E-state index is 0.175. The van der Waals surface area contributed by atoms with E-state index < -0.39 is 0 Å². The van der Waals surface area contributed by atoms with E-state index in [4.69, 9.17) is 14.2 Å². The Labute approximate surface area is 215 Å². The summed E-state index contributed by atoms with van der Waals surface area (Å²) in [5, 5.41) is 0. The van der Waals surface area contributed by atoms with Crippen LogP contribution in [0.1, 0.15) is 22.3 Å². The Morgan fingerprint density at radius 2 is 1.06 bits per heavy atom. The molecule has 0 aromatic heterocycles. The van der Waals surface area contributed by atoms with Gasteiger partial charge in [0.15, 0.2) is 0 Å². The minimum Gasteiger partial charge on any atom is -0.496 e. The van der Waals surface area contributed by atoms with Crippen LogP contribution in [-0.4, -0.2) is 31.8 Å². The molecule has 4 nitrogen and oxygen atoms in total. The van der Waals surface area contributed by atoms with Crippen molar-refractivity contribution in [3.05, 3.63) is 131 Å². The lowest BCUT2D eigenvalue weighted by molar-refractivity contribution is 0.0413. The highest BCUT2D eigenvalue weighted by Gasteiger charge is 2.21. The van der Waals surface area contributed by atoms with Crippen LogP contribution in [0.25, 0.3) is 0 Å². The lowest BCUT2D eigenvalue weighted by Gasteiger charge is -2.32. The van der Waals surface area contributed by atoms with Crippen LogP contribution >= 0.6 is 0 Å². The van der Waals surface area contributed by atoms with Crippen LogP contribution in [0.2, 0.25) is 0 Å². The van der Waals surface area contributed by atoms with Gasteiger partial charge in [-0.1, -0.05) is 97.1 Å². The Bertz CT molecular complexity index is 1100. The van der Waals surface area contributed by atoms with Crippen LogP contribution in [0, 0.1) is 0 Å². The molecule has 0 fully saturated rings. The summed E-state index contributed by atoms with van der Waals surface area (Å²) in [6.45, 7) is 2.68. The molecule has 36 heavy (non-hydrogen) atoms. The molecule has 0 aliphatic rings. The molecule has 0 N–H and O–H groups in total. The normalized spacial score (nSPS) is 11.9. The lowest BCUT2D eigenvalue weighted by Crippen LogP contribution is -2.39. The van der Waals surface area contributed by atoms with Crippen molar-refractivity contribution in [2.75, 3.05) is 20.8 Å². The maximum Gasteiger partial charge on any atom is 0.128 e. The number of nitrogens with zero attached hydrogens (tertiary/aromatic N) is 1. The first kappa shape index (κ1) is 25.5. The van der Waals surface area contributed by atoms with Gasteiger partial charge in [0.25, 0.3) is 0 Å². The summed E-state index contributed by atoms with van der Waals surface area (Å²) in [6.07, 6.45) is 0.892. The monoisotopic (exact) mass is 481 g/mol. The highest BCUT2D eigenvalue weighted by Crippen LogP contribution is 2.29. The number of ether oxygens (including phenoxy) is 3. The summed E-state index contributed by atoms with van der Waals surface area (Å²) in [7, 11) is 3.36. The van der Waals surface area contributed by atoms with Gasteiger partial charge in [0, 0.05) is 19.1 Å². The van der Waals surface area contributed by atoms with Crippen molar-refractivity contribution in [1.29, 1.82) is 0 Å². The van der Waals surface area contributed by atoms with Crippen molar-refractivity contribution in [2.45, 2.75) is 32.2 Å². The standard InChI is InChI=1S/C32H35NO3/c1-34-31-19-12-20-32(35-2)30(31)25-36-24-29(21-26-13-6-3-7-14-26)33(22-27-15-8-4-9-16-27)23-28-17-10-5-11-18-28/h3-20,29H,21-25H2,1-2H3. The highest BCUT2D eigenvalue weighted by molar-refractivity contribution is 5.44. The van der Waals surface area contributed by atoms with E-state index in [1.54, 1.807) is 14.2 Å². The molecular formula is C32H35NO3. The molecule has 1 atom stereocenters. The molecule has 0 saturated carbocycles. The average molecular weight is 482 g/mol. The van der Waals surface area contributed by atoms with Gasteiger partial charge in [-0.3, -0.25) is 4.90 Å². The number of hydrogen-bond acceptors (Lipinski definition) is 4. The second kappa shape index (κ2) is 13.5. The van der Waals surface area contributed by atoms with Crippen molar-refractivity contribution in [2.24, 2.45) is 0 Å². The van der Waals surface area contributed by atoms with Gasteiger partial charge in [0.2, 0.25) is 0 Å². The van der Waals surface area contributed by atoms with Crippen LogP contribution in [0.5, 0.6) is 11.5 Å². The molecule has 0 aliphatic heterocycles. The third-order valence-electron chi connectivity index (χ3n) is 6.37. The van der Waals surface area contributed by atoms with Crippen molar-refractivity contribution in [3.63, 3.8) is 0 Å². The Morgan fingerprint density at radius 1 is 0.583 bits per heavy atom. The number of benzene rings is 4. The number of hydrogen-bond donors (Lipinski definition) is 0. The zero-order valence-corrected chi connectivity index (χ0v) is 21.2. The van der Waals surface area contributed by atoms with E-state index in [1.165, 1.54) is 16.7 Å². The van der Waals surface area contributed by atoms with Crippen LogP contribution in [0.4, 0.5) is 0 Å². The molecule has 186 valence electrons. The molecule has 4 aromatic carbocycles. The Balaban J connectivity index is 1.58. The molecule has 4 aromatic rings. The molecule has 0 aliphatic carbocycles. The summed E-state index contributed by atoms with van der Waals surface area (Å²) in [5.41, 5.74) is 4.81. The van der Waals surface area contributed by atoms with Gasteiger partial charge >= 0.3 is 0 Å². The predicted octanol–water partition coefficient (Wildman–Crippen LogP) is 6.53. The lowest BCUT2D eigenvalue weighted by atomic mass is 10.0. The van der Waals surface area contributed by atoms with E-state index in [0.29, 0.717) is 13.2 Å². The second-order valence-electron chi connectivity index (χ2n) is 8.88. The molecular weight excluding hydrogens is 446 g/mol. The van der Waals surface area contributed by atoms with Gasteiger partial charge in [-0.15, -0.1) is 0 Å². The fourth-order valence-electron chi connectivity index (χ4n) is 4.50. The molecule has 0 bridgehead atoms. The first-order valence-electron chi connectivity index (χ1n) is 12.4. The van der Waals surface area contributed by atoms with Crippen molar-refractivity contribution in [3.8, 4) is 11.5 Å².